The van der Waals surface area contributed by atoms with Crippen LogP contribution in [0.2, 0.25) is 0 Å². The number of hydrogen-bond donors (Lipinski definition) is 0. The standard InChI is InChI=1S/C17H10F8IN3O2/c1-28-11(31-7-15(18,19)17(23,24)25)5-3-9(14(28)30)12-13(26)29-6-8(16(20,21)22)2-4-10(29)27-12/h2-6H,7H2,1H3. The molecule has 31 heavy (non-hydrogen) atoms. The van der Waals surface area contributed by atoms with Gasteiger partial charge in [-0.25, -0.2) is 4.98 Å². The van der Waals surface area contributed by atoms with E-state index in [1.807, 2.05) is 0 Å². The summed E-state index contributed by atoms with van der Waals surface area (Å²) in [6.07, 6.45) is -9.63. The molecule has 0 amide bonds. The zero-order valence-corrected chi connectivity index (χ0v) is 17.3. The molecule has 0 saturated carbocycles. The van der Waals surface area contributed by atoms with Gasteiger partial charge in [-0.1, -0.05) is 0 Å². The Labute approximate surface area is 181 Å². The number of ether oxygens (including phenoxy) is 1. The van der Waals surface area contributed by atoms with Crippen LogP contribution in [0.25, 0.3) is 16.9 Å². The van der Waals surface area contributed by atoms with Crippen molar-refractivity contribution in [1.82, 2.24) is 14.0 Å². The Morgan fingerprint density at radius 2 is 1.68 bits per heavy atom. The minimum atomic E-state index is -5.83. The molecule has 5 nitrogen and oxygen atoms in total. The molecular weight excluding hydrogens is 557 g/mol. The first-order chi connectivity index (χ1) is 14.1. The van der Waals surface area contributed by atoms with Crippen LogP contribution in [0.5, 0.6) is 5.88 Å². The smallest absolute Gasteiger partial charge is 0.456 e. The third kappa shape index (κ3) is 4.34. The van der Waals surface area contributed by atoms with Crippen molar-refractivity contribution < 1.29 is 39.9 Å². The van der Waals surface area contributed by atoms with Gasteiger partial charge in [0, 0.05) is 13.2 Å². The highest BCUT2D eigenvalue weighted by atomic mass is 127. The van der Waals surface area contributed by atoms with Gasteiger partial charge >= 0.3 is 18.3 Å². The molecule has 3 rings (SSSR count). The molecule has 0 radical (unpaired) electrons. The van der Waals surface area contributed by atoms with Crippen LogP contribution in [0.1, 0.15) is 5.56 Å². The molecule has 0 N–H and O–H groups in total. The molecule has 3 heterocycles. The van der Waals surface area contributed by atoms with Gasteiger partial charge in [-0.3, -0.25) is 13.8 Å². The van der Waals surface area contributed by atoms with Crippen LogP contribution >= 0.6 is 22.6 Å². The van der Waals surface area contributed by atoms with Crippen molar-refractivity contribution in [2.24, 2.45) is 7.05 Å². The van der Waals surface area contributed by atoms with Gasteiger partial charge in [0.1, 0.15) is 15.0 Å². The number of fused-ring (bicyclic) bond motifs is 1. The molecule has 14 heteroatoms. The summed E-state index contributed by atoms with van der Waals surface area (Å²) >= 11 is 1.68. The lowest BCUT2D eigenvalue weighted by atomic mass is 10.2. The minimum absolute atomic E-state index is 0.00713. The molecule has 0 aliphatic carbocycles. The Balaban J connectivity index is 1.99. The summed E-state index contributed by atoms with van der Waals surface area (Å²) < 4.78 is 108. The Morgan fingerprint density at radius 1 is 1.03 bits per heavy atom. The predicted octanol–water partition coefficient (Wildman–Crippen LogP) is 4.90. The number of nitrogens with zero attached hydrogens (tertiary/aromatic N) is 3. The van der Waals surface area contributed by atoms with E-state index in [1.54, 1.807) is 22.6 Å². The van der Waals surface area contributed by atoms with Crippen molar-refractivity contribution in [2.75, 3.05) is 6.61 Å². The van der Waals surface area contributed by atoms with E-state index < -0.39 is 41.9 Å². The van der Waals surface area contributed by atoms with Crippen molar-refractivity contribution in [3.8, 4) is 17.1 Å². The lowest BCUT2D eigenvalue weighted by Gasteiger charge is -2.20. The molecule has 3 aromatic heterocycles. The second-order valence-electron chi connectivity index (χ2n) is 6.34. The van der Waals surface area contributed by atoms with Gasteiger partial charge in [0.15, 0.2) is 12.5 Å². The van der Waals surface area contributed by atoms with Crippen LogP contribution in [0, 0.1) is 3.70 Å². The SMILES string of the molecule is Cn1c(OCC(F)(F)C(F)(F)F)ccc(-c2nc3ccc(C(F)(F)F)cn3c2I)c1=O. The zero-order chi connectivity index (χ0) is 23.4. The van der Waals surface area contributed by atoms with Crippen LogP contribution < -0.4 is 10.3 Å². The zero-order valence-electron chi connectivity index (χ0n) is 15.2. The number of rotatable bonds is 4. The van der Waals surface area contributed by atoms with E-state index in [0.717, 1.165) is 41.9 Å². The van der Waals surface area contributed by atoms with Gasteiger partial charge in [0.25, 0.3) is 5.56 Å². The average molecular weight is 567 g/mol. The second kappa shape index (κ2) is 7.63. The third-order valence-electron chi connectivity index (χ3n) is 4.22. The largest absolute Gasteiger partial charge is 0.472 e. The van der Waals surface area contributed by atoms with E-state index in [9.17, 15) is 39.9 Å². The highest BCUT2D eigenvalue weighted by Crippen LogP contribution is 2.36. The number of alkyl halides is 8. The predicted molar refractivity (Wildman–Crippen MR) is 100 cm³/mol. The van der Waals surface area contributed by atoms with Gasteiger partial charge in [-0.05, 0) is 46.9 Å². The van der Waals surface area contributed by atoms with Crippen LogP contribution in [0.4, 0.5) is 35.1 Å². The van der Waals surface area contributed by atoms with E-state index in [4.69, 9.17) is 0 Å². The molecule has 3 aromatic rings. The summed E-state index contributed by atoms with van der Waals surface area (Å²) in [5.41, 5.74) is -1.79. The summed E-state index contributed by atoms with van der Waals surface area (Å²) in [6.45, 7) is -2.03. The molecule has 0 unspecified atom stereocenters. The van der Waals surface area contributed by atoms with E-state index in [0.29, 0.717) is 4.57 Å². The first kappa shape index (κ1) is 23.3. The summed E-state index contributed by atoms with van der Waals surface area (Å²) in [5.74, 6) is -5.69. The molecule has 0 spiro atoms. The third-order valence-corrected chi connectivity index (χ3v) is 5.25. The average Bonchev–Trinajstić information content (AvgIpc) is 2.97. The number of hydrogen-bond acceptors (Lipinski definition) is 3. The molecule has 0 fully saturated rings. The topological polar surface area (TPSA) is 48.5 Å². The van der Waals surface area contributed by atoms with E-state index >= 15 is 0 Å². The monoisotopic (exact) mass is 567 g/mol. The van der Waals surface area contributed by atoms with Crippen molar-refractivity contribution in [2.45, 2.75) is 18.3 Å². The normalized spacial score (nSPS) is 13.1. The van der Waals surface area contributed by atoms with E-state index in [-0.39, 0.29) is 20.6 Å². The number of halogens is 9. The maximum absolute atomic E-state index is 13.0. The van der Waals surface area contributed by atoms with Crippen molar-refractivity contribution in [3.63, 3.8) is 0 Å². The second-order valence-corrected chi connectivity index (χ2v) is 7.36. The molecule has 0 bridgehead atoms. The number of pyridine rings is 2. The molecular formula is C17H10F8IN3O2. The van der Waals surface area contributed by atoms with Gasteiger partial charge in [-0.15, -0.1) is 0 Å². The van der Waals surface area contributed by atoms with Crippen molar-refractivity contribution >= 4 is 28.2 Å². The number of imidazole rings is 1. The highest BCUT2D eigenvalue weighted by molar-refractivity contribution is 14.1. The lowest BCUT2D eigenvalue weighted by Crippen LogP contribution is -2.42. The molecule has 0 aliphatic rings. The summed E-state index contributed by atoms with van der Waals surface area (Å²) in [7, 11) is 1.08. The van der Waals surface area contributed by atoms with Crippen LogP contribution in [-0.2, 0) is 13.2 Å². The molecule has 0 saturated heterocycles. The fourth-order valence-electron chi connectivity index (χ4n) is 2.55. The van der Waals surface area contributed by atoms with Crippen molar-refractivity contribution in [3.05, 3.63) is 50.1 Å². The van der Waals surface area contributed by atoms with Crippen LogP contribution in [0.15, 0.2) is 35.3 Å². The van der Waals surface area contributed by atoms with Gasteiger partial charge in [0.2, 0.25) is 0 Å². The van der Waals surface area contributed by atoms with Gasteiger partial charge < -0.3 is 4.74 Å². The Bertz CT molecular complexity index is 1200. The summed E-state index contributed by atoms with van der Waals surface area (Å²) in [5, 5.41) is 0. The number of aromatic nitrogens is 3. The Hall–Kier alpha value is -2.39. The Kier molecular flexibility index (Phi) is 5.73. The first-order valence-electron chi connectivity index (χ1n) is 8.16. The quantitative estimate of drug-likeness (QED) is 0.333. The van der Waals surface area contributed by atoms with Gasteiger partial charge in [-0.2, -0.15) is 35.1 Å². The summed E-state index contributed by atoms with van der Waals surface area (Å²) in [4.78, 5) is 16.7. The van der Waals surface area contributed by atoms with Crippen LogP contribution in [-0.4, -0.2) is 32.7 Å². The highest BCUT2D eigenvalue weighted by Gasteiger charge is 2.58. The first-order valence-corrected chi connectivity index (χ1v) is 9.24. The molecule has 0 atom stereocenters. The molecule has 0 aliphatic heterocycles. The maximum atomic E-state index is 13.0. The van der Waals surface area contributed by atoms with E-state index in [1.165, 1.54) is 0 Å². The fourth-order valence-corrected chi connectivity index (χ4v) is 3.34. The maximum Gasteiger partial charge on any atom is 0.456 e. The summed E-state index contributed by atoms with van der Waals surface area (Å²) in [6, 6.07) is 4.00. The van der Waals surface area contributed by atoms with E-state index in [2.05, 4.69) is 9.72 Å². The van der Waals surface area contributed by atoms with Crippen molar-refractivity contribution in [1.29, 1.82) is 0 Å². The Morgan fingerprint density at radius 3 is 2.26 bits per heavy atom. The van der Waals surface area contributed by atoms with Gasteiger partial charge in [0.05, 0.1) is 11.1 Å². The van der Waals surface area contributed by atoms with Crippen LogP contribution in [0.3, 0.4) is 0 Å². The lowest BCUT2D eigenvalue weighted by molar-refractivity contribution is -0.290. The fraction of sp³-hybridized carbons (Fsp3) is 0.294. The molecule has 0 aromatic carbocycles. The minimum Gasteiger partial charge on any atom is -0.472 e. The molecule has 168 valence electrons.